The number of hydrogen-bond acceptors (Lipinski definition) is 4. The number of urea groups is 1. The third-order valence-corrected chi connectivity index (χ3v) is 4.52. The van der Waals surface area contributed by atoms with Gasteiger partial charge in [-0.25, -0.2) is 14.1 Å². The van der Waals surface area contributed by atoms with Crippen LogP contribution in [-0.4, -0.2) is 52.3 Å². The Bertz CT molecular complexity index is 656. The fourth-order valence-electron chi connectivity index (χ4n) is 3.32. The minimum absolute atomic E-state index is 0.0317. The number of nitrogens with zero attached hydrogens (tertiary/aromatic N) is 3. The number of benzene rings is 1. The van der Waals surface area contributed by atoms with Crippen LogP contribution in [0.1, 0.15) is 31.2 Å². The van der Waals surface area contributed by atoms with E-state index in [2.05, 4.69) is 0 Å². The molecule has 7 heteroatoms. The monoisotopic (exact) mass is 333 g/mol. The highest BCUT2D eigenvalue weighted by Gasteiger charge is 2.48. The van der Waals surface area contributed by atoms with Crippen LogP contribution >= 0.6 is 0 Å². The molecule has 1 saturated carbocycles. The molecule has 128 valence electrons. The van der Waals surface area contributed by atoms with Crippen LogP contribution in [0.25, 0.3) is 0 Å². The van der Waals surface area contributed by atoms with Crippen molar-refractivity contribution in [3.8, 4) is 0 Å². The molecule has 4 amide bonds. The van der Waals surface area contributed by atoms with Gasteiger partial charge in [0, 0.05) is 12.6 Å². The zero-order valence-corrected chi connectivity index (χ0v) is 13.6. The second-order valence-corrected chi connectivity index (χ2v) is 6.41. The van der Waals surface area contributed by atoms with Gasteiger partial charge in [-0.2, -0.15) is 0 Å². The molecule has 1 aromatic carbocycles. The van der Waals surface area contributed by atoms with Crippen molar-refractivity contribution in [2.75, 3.05) is 13.7 Å². The SMILES string of the molecule is CN(Cc1ccc(F)cc1)CN1C(=O)C(=O)N(C2CCCC2)C1=O. The number of imide groups is 2. The predicted octanol–water partition coefficient (Wildman–Crippen LogP) is 1.95. The van der Waals surface area contributed by atoms with Gasteiger partial charge in [-0.15, -0.1) is 0 Å². The molecule has 1 aliphatic carbocycles. The summed E-state index contributed by atoms with van der Waals surface area (Å²) < 4.78 is 12.9. The number of rotatable bonds is 5. The van der Waals surface area contributed by atoms with Crippen molar-refractivity contribution in [3.05, 3.63) is 35.6 Å². The van der Waals surface area contributed by atoms with Crippen molar-refractivity contribution in [2.45, 2.75) is 38.3 Å². The summed E-state index contributed by atoms with van der Waals surface area (Å²) in [6, 6.07) is 5.34. The van der Waals surface area contributed by atoms with Gasteiger partial charge in [-0.3, -0.25) is 19.4 Å². The summed E-state index contributed by atoms with van der Waals surface area (Å²) in [4.78, 5) is 40.6. The largest absolute Gasteiger partial charge is 0.335 e. The van der Waals surface area contributed by atoms with E-state index in [4.69, 9.17) is 0 Å². The van der Waals surface area contributed by atoms with E-state index in [1.807, 2.05) is 0 Å². The van der Waals surface area contributed by atoms with Crippen LogP contribution in [0.3, 0.4) is 0 Å². The maximum atomic E-state index is 12.9. The van der Waals surface area contributed by atoms with Gasteiger partial charge < -0.3 is 0 Å². The Labute approximate surface area is 139 Å². The molecule has 1 aliphatic heterocycles. The number of carbonyl (C=O) groups excluding carboxylic acids is 3. The number of amides is 4. The van der Waals surface area contributed by atoms with E-state index in [1.165, 1.54) is 12.1 Å². The van der Waals surface area contributed by atoms with Gasteiger partial charge in [0.15, 0.2) is 0 Å². The van der Waals surface area contributed by atoms with Crippen molar-refractivity contribution < 1.29 is 18.8 Å². The molecule has 0 spiro atoms. The topological polar surface area (TPSA) is 60.9 Å². The number of halogens is 1. The second-order valence-electron chi connectivity index (χ2n) is 6.41. The highest BCUT2D eigenvalue weighted by molar-refractivity contribution is 6.44. The first-order valence-electron chi connectivity index (χ1n) is 8.09. The molecule has 0 N–H and O–H groups in total. The summed E-state index contributed by atoms with van der Waals surface area (Å²) in [6.07, 6.45) is 3.48. The number of hydrogen-bond donors (Lipinski definition) is 0. The average Bonchev–Trinajstić information content (AvgIpc) is 3.14. The molecule has 3 rings (SSSR count). The van der Waals surface area contributed by atoms with Crippen molar-refractivity contribution in [2.24, 2.45) is 0 Å². The lowest BCUT2D eigenvalue weighted by Gasteiger charge is -2.24. The van der Waals surface area contributed by atoms with Crippen LogP contribution in [0.15, 0.2) is 24.3 Å². The highest BCUT2D eigenvalue weighted by Crippen LogP contribution is 2.27. The summed E-state index contributed by atoms with van der Waals surface area (Å²) in [6.45, 7) is 0.471. The van der Waals surface area contributed by atoms with Gasteiger partial charge in [0.2, 0.25) is 0 Å². The molecule has 1 aromatic rings. The zero-order valence-electron chi connectivity index (χ0n) is 13.6. The van der Waals surface area contributed by atoms with Crippen molar-refractivity contribution in [3.63, 3.8) is 0 Å². The first kappa shape index (κ1) is 16.6. The lowest BCUT2D eigenvalue weighted by atomic mass is 10.2. The van der Waals surface area contributed by atoms with E-state index in [-0.39, 0.29) is 18.5 Å². The van der Waals surface area contributed by atoms with Crippen LogP contribution < -0.4 is 0 Å². The van der Waals surface area contributed by atoms with E-state index in [9.17, 15) is 18.8 Å². The molecular weight excluding hydrogens is 313 g/mol. The third-order valence-electron chi connectivity index (χ3n) is 4.52. The van der Waals surface area contributed by atoms with Gasteiger partial charge in [0.05, 0.1) is 6.67 Å². The molecule has 0 bridgehead atoms. The van der Waals surface area contributed by atoms with Crippen LogP contribution in [0, 0.1) is 5.82 Å². The fourth-order valence-corrected chi connectivity index (χ4v) is 3.32. The van der Waals surface area contributed by atoms with Crippen LogP contribution in [-0.2, 0) is 16.1 Å². The Kier molecular flexibility index (Phi) is 4.62. The molecule has 0 unspecified atom stereocenters. The summed E-state index contributed by atoms with van der Waals surface area (Å²) >= 11 is 0. The Morgan fingerprint density at radius 3 is 2.33 bits per heavy atom. The van der Waals surface area contributed by atoms with Crippen LogP contribution in [0.2, 0.25) is 0 Å². The normalized spacial score (nSPS) is 19.2. The molecule has 6 nitrogen and oxygen atoms in total. The van der Waals surface area contributed by atoms with Gasteiger partial charge in [-0.1, -0.05) is 25.0 Å². The predicted molar refractivity (Wildman–Crippen MR) is 84.1 cm³/mol. The van der Waals surface area contributed by atoms with Gasteiger partial charge in [-0.05, 0) is 37.6 Å². The summed E-state index contributed by atoms with van der Waals surface area (Å²) in [5.41, 5.74) is 0.858. The van der Waals surface area contributed by atoms with E-state index in [1.54, 1.807) is 24.1 Å². The summed E-state index contributed by atoms with van der Waals surface area (Å²) in [7, 11) is 1.74. The van der Waals surface area contributed by atoms with Crippen LogP contribution in [0.5, 0.6) is 0 Å². The molecule has 1 saturated heterocycles. The molecule has 2 fully saturated rings. The average molecular weight is 333 g/mol. The highest BCUT2D eigenvalue weighted by atomic mass is 19.1. The standard InChI is InChI=1S/C17H20FN3O3/c1-19(10-12-6-8-13(18)9-7-12)11-20-15(22)16(23)21(17(20)24)14-4-2-3-5-14/h6-9,14H,2-5,10-11H2,1H3. The van der Waals surface area contributed by atoms with Crippen molar-refractivity contribution in [1.82, 2.24) is 14.7 Å². The van der Waals surface area contributed by atoms with E-state index in [0.29, 0.717) is 6.54 Å². The first-order valence-corrected chi connectivity index (χ1v) is 8.09. The van der Waals surface area contributed by atoms with Gasteiger partial charge >= 0.3 is 17.8 Å². The quantitative estimate of drug-likeness (QED) is 0.610. The van der Waals surface area contributed by atoms with E-state index in [0.717, 1.165) is 41.0 Å². The first-order chi connectivity index (χ1) is 11.5. The fraction of sp³-hybridized carbons (Fsp3) is 0.471. The zero-order chi connectivity index (χ0) is 17.3. The van der Waals surface area contributed by atoms with Crippen molar-refractivity contribution in [1.29, 1.82) is 0 Å². The smallest absolute Gasteiger partial charge is 0.284 e. The maximum Gasteiger partial charge on any atom is 0.335 e. The number of carbonyl (C=O) groups is 3. The molecule has 24 heavy (non-hydrogen) atoms. The Morgan fingerprint density at radius 2 is 1.71 bits per heavy atom. The lowest BCUT2D eigenvalue weighted by molar-refractivity contribution is -0.144. The second kappa shape index (κ2) is 6.68. The molecule has 0 radical (unpaired) electrons. The van der Waals surface area contributed by atoms with E-state index < -0.39 is 17.8 Å². The van der Waals surface area contributed by atoms with E-state index >= 15 is 0 Å². The Morgan fingerprint density at radius 1 is 1.08 bits per heavy atom. The summed E-state index contributed by atoms with van der Waals surface area (Å²) in [5, 5.41) is 0. The minimum atomic E-state index is -0.766. The van der Waals surface area contributed by atoms with Crippen LogP contribution in [0.4, 0.5) is 9.18 Å². The molecule has 0 atom stereocenters. The summed E-state index contributed by atoms with van der Waals surface area (Å²) in [5.74, 6) is -1.80. The van der Waals surface area contributed by atoms with Crippen molar-refractivity contribution >= 4 is 17.8 Å². The molecule has 2 aliphatic rings. The maximum absolute atomic E-state index is 12.9. The lowest BCUT2D eigenvalue weighted by Crippen LogP contribution is -2.42. The Balaban J connectivity index is 1.65. The Hall–Kier alpha value is -2.28. The molecule has 1 heterocycles. The van der Waals surface area contributed by atoms with Gasteiger partial charge in [0.1, 0.15) is 5.82 Å². The van der Waals surface area contributed by atoms with Gasteiger partial charge in [0.25, 0.3) is 0 Å². The third kappa shape index (κ3) is 3.17. The minimum Gasteiger partial charge on any atom is -0.284 e. The molecular formula is C17H20FN3O3. The molecule has 0 aromatic heterocycles.